The number of methoxy groups -OCH3 is 3. The van der Waals surface area contributed by atoms with Crippen molar-refractivity contribution in [1.29, 1.82) is 0 Å². The van der Waals surface area contributed by atoms with Gasteiger partial charge in [0.1, 0.15) is 5.75 Å². The summed E-state index contributed by atoms with van der Waals surface area (Å²) in [7, 11) is 4.82. The van der Waals surface area contributed by atoms with Gasteiger partial charge in [-0.2, -0.15) is 5.10 Å². The molecule has 2 aromatic rings. The van der Waals surface area contributed by atoms with Crippen LogP contribution in [0, 0.1) is 0 Å². The smallest absolute Gasteiger partial charge is 0.187 e. The normalized spacial score (nSPS) is 10.4. The Morgan fingerprint density at radius 3 is 2.44 bits per heavy atom. The first-order valence-electron chi connectivity index (χ1n) is 7.58. The Morgan fingerprint density at radius 1 is 1.04 bits per heavy atom. The summed E-state index contributed by atoms with van der Waals surface area (Å²) in [5, 5.41) is 7.64. The quantitative estimate of drug-likeness (QED) is 0.450. The van der Waals surface area contributed by atoms with E-state index >= 15 is 0 Å². The second kappa shape index (κ2) is 9.48. The van der Waals surface area contributed by atoms with Crippen molar-refractivity contribution in [1.82, 2.24) is 10.7 Å². The molecule has 0 amide bonds. The first kappa shape index (κ1) is 18.5. The van der Waals surface area contributed by atoms with Crippen molar-refractivity contribution in [3.05, 3.63) is 53.6 Å². The van der Waals surface area contributed by atoms with E-state index in [1.165, 1.54) is 0 Å². The highest BCUT2D eigenvalue weighted by molar-refractivity contribution is 7.80. The number of nitrogens with one attached hydrogen (secondary N) is 2. The Bertz CT molecular complexity index is 733. The second-order valence-corrected chi connectivity index (χ2v) is 5.39. The van der Waals surface area contributed by atoms with Crippen LogP contribution in [0.15, 0.2) is 47.6 Å². The summed E-state index contributed by atoms with van der Waals surface area (Å²) in [6.45, 7) is 0.591. The fraction of sp³-hybridized carbons (Fsp3) is 0.222. The molecular formula is C18H21N3O3S. The van der Waals surface area contributed by atoms with Crippen LogP contribution in [-0.4, -0.2) is 32.7 Å². The van der Waals surface area contributed by atoms with Gasteiger partial charge in [0.25, 0.3) is 0 Å². The Kier molecular flexibility index (Phi) is 7.03. The fourth-order valence-corrected chi connectivity index (χ4v) is 2.26. The summed E-state index contributed by atoms with van der Waals surface area (Å²) in [6, 6.07) is 13.3. The Balaban J connectivity index is 1.88. The predicted octanol–water partition coefficient (Wildman–Crippen LogP) is 2.71. The summed E-state index contributed by atoms with van der Waals surface area (Å²) in [5.74, 6) is 2.08. The molecule has 2 aromatic carbocycles. The number of nitrogens with zero attached hydrogens (tertiary/aromatic N) is 1. The van der Waals surface area contributed by atoms with Gasteiger partial charge in [0.2, 0.25) is 0 Å². The third-order valence-corrected chi connectivity index (χ3v) is 3.65. The van der Waals surface area contributed by atoms with Crippen LogP contribution in [-0.2, 0) is 6.54 Å². The number of rotatable bonds is 7. The Morgan fingerprint density at radius 2 is 1.80 bits per heavy atom. The molecule has 0 aliphatic heterocycles. The molecule has 0 heterocycles. The van der Waals surface area contributed by atoms with E-state index in [-0.39, 0.29) is 0 Å². The molecule has 0 aliphatic rings. The number of thiocarbonyl (C=S) groups is 1. The summed E-state index contributed by atoms with van der Waals surface area (Å²) in [5.41, 5.74) is 4.65. The standard InChI is InChI=1S/C18H21N3O3S/c1-22-15-9-7-13(8-10-15)11-19-18(25)21-20-12-14-5-4-6-16(23-2)17(14)24-3/h4-10,12H,11H2,1-3H3,(H2,19,21,25)/b20-12-. The maximum atomic E-state index is 5.35. The predicted molar refractivity (Wildman–Crippen MR) is 103 cm³/mol. The van der Waals surface area contributed by atoms with Gasteiger partial charge in [-0.1, -0.05) is 18.2 Å². The van der Waals surface area contributed by atoms with Gasteiger partial charge in [0.05, 0.1) is 27.5 Å². The highest BCUT2D eigenvalue weighted by Gasteiger charge is 2.07. The fourth-order valence-electron chi connectivity index (χ4n) is 2.14. The van der Waals surface area contributed by atoms with E-state index in [1.807, 2.05) is 42.5 Å². The molecule has 0 radical (unpaired) electrons. The first-order chi connectivity index (χ1) is 12.2. The lowest BCUT2D eigenvalue weighted by atomic mass is 10.2. The number of ether oxygens (including phenoxy) is 3. The first-order valence-corrected chi connectivity index (χ1v) is 7.99. The third-order valence-electron chi connectivity index (χ3n) is 3.42. The molecule has 132 valence electrons. The van der Waals surface area contributed by atoms with Crippen molar-refractivity contribution < 1.29 is 14.2 Å². The SMILES string of the molecule is COc1ccc(CNC(=S)N/N=C\c2cccc(OC)c2OC)cc1. The number of hydrazone groups is 1. The van der Waals surface area contributed by atoms with Gasteiger partial charge in [0.15, 0.2) is 16.6 Å². The minimum Gasteiger partial charge on any atom is -0.497 e. The third kappa shape index (κ3) is 5.36. The van der Waals surface area contributed by atoms with Gasteiger partial charge >= 0.3 is 0 Å². The minimum absolute atomic E-state index is 0.425. The molecule has 0 unspecified atom stereocenters. The molecular weight excluding hydrogens is 338 g/mol. The van der Waals surface area contributed by atoms with E-state index in [0.29, 0.717) is 23.2 Å². The summed E-state index contributed by atoms with van der Waals surface area (Å²) >= 11 is 5.21. The van der Waals surface area contributed by atoms with Crippen LogP contribution in [0.1, 0.15) is 11.1 Å². The van der Waals surface area contributed by atoms with E-state index in [1.54, 1.807) is 27.5 Å². The molecule has 6 nitrogen and oxygen atoms in total. The van der Waals surface area contributed by atoms with Crippen molar-refractivity contribution in [3.8, 4) is 17.2 Å². The largest absolute Gasteiger partial charge is 0.497 e. The van der Waals surface area contributed by atoms with Gasteiger partial charge < -0.3 is 19.5 Å². The average molecular weight is 359 g/mol. The highest BCUT2D eigenvalue weighted by atomic mass is 32.1. The van der Waals surface area contributed by atoms with E-state index in [0.717, 1.165) is 16.9 Å². The minimum atomic E-state index is 0.425. The van der Waals surface area contributed by atoms with E-state index in [4.69, 9.17) is 26.4 Å². The van der Waals surface area contributed by atoms with Crippen LogP contribution < -0.4 is 25.0 Å². The zero-order chi connectivity index (χ0) is 18.1. The van der Waals surface area contributed by atoms with Gasteiger partial charge in [-0.05, 0) is 42.0 Å². The number of para-hydroxylation sites is 1. The van der Waals surface area contributed by atoms with Crippen LogP contribution in [0.5, 0.6) is 17.2 Å². The lowest BCUT2D eigenvalue weighted by Crippen LogP contribution is -2.31. The molecule has 0 spiro atoms. The zero-order valence-corrected chi connectivity index (χ0v) is 15.2. The molecule has 0 fully saturated rings. The molecule has 25 heavy (non-hydrogen) atoms. The zero-order valence-electron chi connectivity index (χ0n) is 14.4. The van der Waals surface area contributed by atoms with Crippen molar-refractivity contribution in [2.24, 2.45) is 5.10 Å². The van der Waals surface area contributed by atoms with Crippen LogP contribution >= 0.6 is 12.2 Å². The molecule has 0 atom stereocenters. The van der Waals surface area contributed by atoms with E-state index < -0.39 is 0 Å². The van der Waals surface area contributed by atoms with Crippen molar-refractivity contribution in [2.75, 3.05) is 21.3 Å². The van der Waals surface area contributed by atoms with Crippen LogP contribution in [0.3, 0.4) is 0 Å². The van der Waals surface area contributed by atoms with E-state index in [2.05, 4.69) is 15.8 Å². The summed E-state index contributed by atoms with van der Waals surface area (Å²) in [4.78, 5) is 0. The van der Waals surface area contributed by atoms with Crippen LogP contribution in [0.2, 0.25) is 0 Å². The Hall–Kier alpha value is -2.80. The van der Waals surface area contributed by atoms with Crippen LogP contribution in [0.25, 0.3) is 0 Å². The van der Waals surface area contributed by atoms with Gasteiger partial charge in [0, 0.05) is 12.1 Å². The topological polar surface area (TPSA) is 64.1 Å². The highest BCUT2D eigenvalue weighted by Crippen LogP contribution is 2.29. The van der Waals surface area contributed by atoms with Crippen LogP contribution in [0.4, 0.5) is 0 Å². The van der Waals surface area contributed by atoms with Gasteiger partial charge in [-0.15, -0.1) is 0 Å². The number of hydrogen-bond donors (Lipinski definition) is 2. The molecule has 0 saturated heterocycles. The molecule has 2 rings (SSSR count). The molecule has 0 aromatic heterocycles. The lowest BCUT2D eigenvalue weighted by molar-refractivity contribution is 0.354. The average Bonchev–Trinajstić information content (AvgIpc) is 2.66. The maximum absolute atomic E-state index is 5.35. The second-order valence-electron chi connectivity index (χ2n) is 4.98. The molecule has 2 N–H and O–H groups in total. The maximum Gasteiger partial charge on any atom is 0.187 e. The molecule has 7 heteroatoms. The van der Waals surface area contributed by atoms with E-state index in [9.17, 15) is 0 Å². The summed E-state index contributed by atoms with van der Waals surface area (Å²) < 4.78 is 15.7. The van der Waals surface area contributed by atoms with Gasteiger partial charge in [-0.3, -0.25) is 5.43 Å². The lowest BCUT2D eigenvalue weighted by Gasteiger charge is -2.10. The molecule has 0 aliphatic carbocycles. The monoisotopic (exact) mass is 359 g/mol. The van der Waals surface area contributed by atoms with Gasteiger partial charge in [-0.25, -0.2) is 0 Å². The number of hydrogen-bond acceptors (Lipinski definition) is 5. The number of benzene rings is 2. The Labute approximate surface area is 152 Å². The molecule has 0 bridgehead atoms. The van der Waals surface area contributed by atoms with Crippen molar-refractivity contribution in [2.45, 2.75) is 6.54 Å². The molecule has 0 saturated carbocycles. The summed E-state index contributed by atoms with van der Waals surface area (Å²) in [6.07, 6.45) is 1.63. The van der Waals surface area contributed by atoms with Crippen molar-refractivity contribution in [3.63, 3.8) is 0 Å². The van der Waals surface area contributed by atoms with Crippen molar-refractivity contribution >= 4 is 23.5 Å².